The van der Waals surface area contributed by atoms with E-state index >= 15 is 0 Å². The second-order valence-corrected chi connectivity index (χ2v) is 18.6. The van der Waals surface area contributed by atoms with Gasteiger partial charge in [-0.2, -0.15) is 0 Å². The number of hydrogen-bond donors (Lipinski definition) is 0. The molecule has 324 valence electrons. The van der Waals surface area contributed by atoms with E-state index in [2.05, 4.69) is 157 Å². The standard InChI is InChI=1S/C8H10.2C7H9N.2C6H8N2.3C6H8S/c1-7-3-5-8(2)6-4-7;2*1-6-3-4-7(2)8-5-6;2*1-5-3-7-6(2)8-4-5;2*1-5-3-6(2)7-4-5;1-5-3-4-6(2)7-5/h3-6H,1-2H3;2*3-5H,1-2H3;2*3-4H,1-2H3;3*3-4H,1-2H3. The lowest BCUT2D eigenvalue weighted by molar-refractivity contribution is 1.03. The Morgan fingerprint density at radius 3 is 0.738 bits per heavy atom. The molecule has 0 fully saturated rings. The van der Waals surface area contributed by atoms with Gasteiger partial charge in [0.15, 0.2) is 0 Å². The first kappa shape index (κ1) is 53.8. The van der Waals surface area contributed by atoms with E-state index in [1.807, 2.05) is 116 Å². The van der Waals surface area contributed by atoms with Crippen molar-refractivity contribution in [1.29, 1.82) is 0 Å². The summed E-state index contributed by atoms with van der Waals surface area (Å²) in [4.78, 5) is 29.6. The molecule has 6 nitrogen and oxygen atoms in total. The topological polar surface area (TPSA) is 77.3 Å². The molecule has 7 aromatic heterocycles. The maximum Gasteiger partial charge on any atom is 0.125 e. The van der Waals surface area contributed by atoms with Gasteiger partial charge in [-0.25, -0.2) is 19.9 Å². The van der Waals surface area contributed by atoms with Crippen LogP contribution in [-0.4, -0.2) is 29.9 Å². The van der Waals surface area contributed by atoms with Crippen molar-refractivity contribution in [2.75, 3.05) is 0 Å². The van der Waals surface area contributed by atoms with E-state index in [-0.39, 0.29) is 0 Å². The molecular formula is C52H68N6S3. The minimum atomic E-state index is 0.829. The molecule has 0 aliphatic rings. The molecule has 1 aromatic carbocycles. The molecule has 9 heteroatoms. The lowest BCUT2D eigenvalue weighted by atomic mass is 10.2. The third kappa shape index (κ3) is 29.6. The van der Waals surface area contributed by atoms with E-state index < -0.39 is 0 Å². The molecule has 0 unspecified atom stereocenters. The van der Waals surface area contributed by atoms with E-state index in [4.69, 9.17) is 0 Å². The summed E-state index contributed by atoms with van der Waals surface area (Å²) in [6.07, 6.45) is 11.0. The summed E-state index contributed by atoms with van der Waals surface area (Å²) in [5, 5.41) is 4.32. The normalized spacial score (nSPS) is 9.31. The number of thiophene rings is 3. The van der Waals surface area contributed by atoms with Gasteiger partial charge in [0.25, 0.3) is 0 Å². The monoisotopic (exact) mass is 872 g/mol. The van der Waals surface area contributed by atoms with Crippen molar-refractivity contribution in [3.8, 4) is 0 Å². The van der Waals surface area contributed by atoms with Crippen LogP contribution in [0.1, 0.15) is 87.1 Å². The number of aryl methyl sites for hydroxylation is 16. The van der Waals surface area contributed by atoms with Crippen molar-refractivity contribution < 1.29 is 0 Å². The Morgan fingerprint density at radius 1 is 0.279 bits per heavy atom. The van der Waals surface area contributed by atoms with E-state index in [9.17, 15) is 0 Å². The van der Waals surface area contributed by atoms with Gasteiger partial charge in [0.2, 0.25) is 0 Å². The Bertz CT molecular complexity index is 1790. The predicted octanol–water partition coefficient (Wildman–Crippen LogP) is 15.0. The quantitative estimate of drug-likeness (QED) is 0.151. The van der Waals surface area contributed by atoms with Crippen molar-refractivity contribution >= 4 is 34.0 Å². The second-order valence-electron chi connectivity index (χ2n) is 14.8. The van der Waals surface area contributed by atoms with E-state index in [0.29, 0.717) is 0 Å². The molecule has 0 aliphatic heterocycles. The summed E-state index contributed by atoms with van der Waals surface area (Å²) < 4.78 is 0. The maximum atomic E-state index is 4.08. The zero-order chi connectivity index (χ0) is 45.7. The molecule has 0 saturated heterocycles. The molecule has 0 amide bonds. The highest BCUT2D eigenvalue weighted by molar-refractivity contribution is 7.11. The summed E-state index contributed by atoms with van der Waals surface area (Å²) in [5.41, 5.74) is 12.2. The Labute approximate surface area is 380 Å². The van der Waals surface area contributed by atoms with Crippen molar-refractivity contribution in [3.63, 3.8) is 0 Å². The van der Waals surface area contributed by atoms with Gasteiger partial charge in [-0.1, -0.05) is 47.5 Å². The van der Waals surface area contributed by atoms with Gasteiger partial charge in [0.1, 0.15) is 11.6 Å². The smallest absolute Gasteiger partial charge is 0.125 e. The molecule has 0 radical (unpaired) electrons. The van der Waals surface area contributed by atoms with Gasteiger partial charge < -0.3 is 0 Å². The predicted molar refractivity (Wildman–Crippen MR) is 268 cm³/mol. The summed E-state index contributed by atoms with van der Waals surface area (Å²) in [5.74, 6) is 1.66. The van der Waals surface area contributed by atoms with Gasteiger partial charge in [0.05, 0.1) is 0 Å². The summed E-state index contributed by atoms with van der Waals surface area (Å²) in [6, 6.07) is 25.3. The third-order valence-corrected chi connectivity index (χ3v) is 10.6. The van der Waals surface area contributed by atoms with Gasteiger partial charge in [-0.05, 0) is 191 Å². The van der Waals surface area contributed by atoms with Crippen molar-refractivity contribution in [1.82, 2.24) is 29.9 Å². The number of nitrogens with zero attached hydrogens (tertiary/aromatic N) is 6. The van der Waals surface area contributed by atoms with Crippen LogP contribution in [0.2, 0.25) is 0 Å². The number of hydrogen-bond acceptors (Lipinski definition) is 9. The Kier molecular flexibility index (Phi) is 27.1. The summed E-state index contributed by atoms with van der Waals surface area (Å²) in [6.45, 7) is 32.6. The number of pyridine rings is 2. The van der Waals surface area contributed by atoms with Crippen LogP contribution in [0, 0.1) is 111 Å². The molecule has 8 aromatic rings. The van der Waals surface area contributed by atoms with E-state index in [1.54, 1.807) is 22.7 Å². The highest BCUT2D eigenvalue weighted by atomic mass is 32.1. The lowest BCUT2D eigenvalue weighted by Gasteiger charge is -1.90. The van der Waals surface area contributed by atoms with Crippen LogP contribution >= 0.6 is 34.0 Å². The fourth-order valence-corrected chi connectivity index (χ4v) is 6.51. The van der Waals surface area contributed by atoms with Crippen molar-refractivity contribution in [2.24, 2.45) is 0 Å². The highest BCUT2D eigenvalue weighted by Crippen LogP contribution is 2.12. The molecule has 0 bridgehead atoms. The molecule has 8 rings (SSSR count). The van der Waals surface area contributed by atoms with Crippen LogP contribution in [0.3, 0.4) is 0 Å². The zero-order valence-electron chi connectivity index (χ0n) is 39.5. The molecular weight excluding hydrogens is 805 g/mol. The van der Waals surface area contributed by atoms with Crippen LogP contribution < -0.4 is 0 Å². The number of benzene rings is 1. The van der Waals surface area contributed by atoms with Crippen LogP contribution in [0.5, 0.6) is 0 Å². The van der Waals surface area contributed by atoms with Crippen LogP contribution in [0.15, 0.2) is 121 Å². The molecule has 0 aliphatic carbocycles. The fourth-order valence-electron chi connectivity index (χ4n) is 4.34. The van der Waals surface area contributed by atoms with E-state index in [0.717, 1.165) is 34.2 Å². The average molecular weight is 873 g/mol. The fraction of sp³-hybridized carbons (Fsp3) is 0.308. The molecule has 0 N–H and O–H groups in total. The van der Waals surface area contributed by atoms with Gasteiger partial charge in [-0.15, -0.1) is 34.0 Å². The Hall–Kier alpha value is -5.22. The maximum absolute atomic E-state index is 4.08. The molecule has 0 atom stereocenters. The minimum Gasteiger partial charge on any atom is -0.261 e. The average Bonchev–Trinajstić information content (AvgIpc) is 3.94. The van der Waals surface area contributed by atoms with E-state index in [1.165, 1.54) is 52.9 Å². The first-order chi connectivity index (χ1) is 28.8. The third-order valence-electron chi connectivity index (χ3n) is 7.75. The number of rotatable bonds is 0. The molecule has 61 heavy (non-hydrogen) atoms. The first-order valence-corrected chi connectivity index (χ1v) is 22.8. The molecule has 0 spiro atoms. The minimum absolute atomic E-state index is 0.829. The number of aromatic nitrogens is 6. The summed E-state index contributed by atoms with van der Waals surface area (Å²) in [7, 11) is 0. The first-order valence-electron chi connectivity index (χ1n) is 20.2. The van der Waals surface area contributed by atoms with Gasteiger partial charge in [-0.3, -0.25) is 9.97 Å². The van der Waals surface area contributed by atoms with Crippen molar-refractivity contribution in [3.05, 3.63) is 208 Å². The van der Waals surface area contributed by atoms with Gasteiger partial charge >= 0.3 is 0 Å². The van der Waals surface area contributed by atoms with Crippen LogP contribution in [0.25, 0.3) is 0 Å². The van der Waals surface area contributed by atoms with Crippen molar-refractivity contribution in [2.45, 2.75) is 111 Å². The summed E-state index contributed by atoms with van der Waals surface area (Å²) >= 11 is 5.45. The SMILES string of the molecule is Cc1ccc(C)cc1.Cc1ccc(C)nc1.Cc1ccc(C)nc1.Cc1ccc(C)s1.Cc1cnc(C)nc1.Cc1cnc(C)nc1.Cc1csc(C)c1.Cc1csc(C)c1. The Morgan fingerprint density at radius 2 is 0.574 bits per heavy atom. The van der Waals surface area contributed by atoms with Crippen LogP contribution in [-0.2, 0) is 0 Å². The second kappa shape index (κ2) is 30.8. The Balaban J connectivity index is 0.000000349. The molecule has 7 heterocycles. The lowest BCUT2D eigenvalue weighted by Crippen LogP contribution is -1.84. The zero-order valence-corrected chi connectivity index (χ0v) is 41.9. The van der Waals surface area contributed by atoms with Crippen LogP contribution in [0.4, 0.5) is 0 Å². The highest BCUT2D eigenvalue weighted by Gasteiger charge is 1.87. The largest absolute Gasteiger partial charge is 0.261 e. The molecule has 0 saturated carbocycles. The van der Waals surface area contributed by atoms with Gasteiger partial charge in [0, 0.05) is 68.1 Å².